The lowest BCUT2D eigenvalue weighted by Crippen LogP contribution is -2.46. The number of carbonyl (C=O) groups excluding carboxylic acids is 2. The van der Waals surface area contributed by atoms with Crippen molar-refractivity contribution in [1.82, 2.24) is 5.32 Å². The van der Waals surface area contributed by atoms with Gasteiger partial charge in [-0.15, -0.1) is 0 Å². The number of aliphatic hydroxyl groups excluding tert-OH is 2. The van der Waals surface area contributed by atoms with Crippen LogP contribution in [0.1, 0.15) is 271 Å². The first-order chi connectivity index (χ1) is 31.5. The number of hydrogen-bond acceptors (Lipinski definition) is 5. The van der Waals surface area contributed by atoms with Crippen molar-refractivity contribution >= 4 is 11.9 Å². The van der Waals surface area contributed by atoms with Gasteiger partial charge >= 0.3 is 5.97 Å². The van der Waals surface area contributed by atoms with Crippen LogP contribution in [-0.2, 0) is 14.3 Å². The number of ether oxygens (including phenoxy) is 1. The smallest absolute Gasteiger partial charge is 0.306 e. The van der Waals surface area contributed by atoms with Crippen LogP contribution in [0.2, 0.25) is 0 Å². The minimum atomic E-state index is -0.812. The number of unbranched alkanes of at least 4 members (excludes halogenated alkanes) is 28. The van der Waals surface area contributed by atoms with Gasteiger partial charge in [0.1, 0.15) is 6.10 Å². The van der Waals surface area contributed by atoms with E-state index < -0.39 is 18.2 Å². The van der Waals surface area contributed by atoms with E-state index in [1.165, 1.54) is 154 Å². The SMILES string of the molecule is CC/C=C\C/C=C\C/C=C\C/C=C\C/C=C\CC(CC(=O)NC(CO)C(O)CCCCCCCCCCCCCCCCCC)OC(=O)CCCCCCCCCCCCCCCC. The molecule has 0 bridgehead atoms. The lowest BCUT2D eigenvalue weighted by Gasteiger charge is -2.24. The third-order valence-corrected chi connectivity index (χ3v) is 12.4. The summed E-state index contributed by atoms with van der Waals surface area (Å²) in [6.07, 6.45) is 64.4. The summed E-state index contributed by atoms with van der Waals surface area (Å²) in [5, 5.41) is 23.8. The summed E-state index contributed by atoms with van der Waals surface area (Å²) in [6, 6.07) is -0.732. The maximum Gasteiger partial charge on any atom is 0.306 e. The summed E-state index contributed by atoms with van der Waals surface area (Å²) in [5.41, 5.74) is 0. The van der Waals surface area contributed by atoms with Gasteiger partial charge < -0.3 is 20.3 Å². The van der Waals surface area contributed by atoms with E-state index in [9.17, 15) is 19.8 Å². The summed E-state index contributed by atoms with van der Waals surface area (Å²) in [6.45, 7) is 6.36. The standard InChI is InChI=1S/C58H105NO5/c1-4-7-10-13-16-19-22-25-28-30-32-35-38-41-44-47-50-56(61)55(53-60)59-57(62)52-54(49-46-43-40-37-34-31-29-26-23-20-17-14-11-8-5-2)64-58(63)51-48-45-42-39-36-33-27-24-21-18-15-12-9-6-3/h8,11,17,20,26,29,34,37,43,46,54-56,60-61H,4-7,9-10,12-16,18-19,21-25,27-28,30-33,35-36,38-42,44-45,47-53H2,1-3H3,(H,59,62)/b11-8-,20-17-,29-26-,37-34-,46-43-. The molecular formula is C58H105NO5. The number of carbonyl (C=O) groups is 2. The van der Waals surface area contributed by atoms with E-state index in [0.29, 0.717) is 19.3 Å². The maximum absolute atomic E-state index is 13.2. The average Bonchev–Trinajstić information content (AvgIpc) is 3.29. The Balaban J connectivity index is 4.65. The van der Waals surface area contributed by atoms with Crippen LogP contribution in [0.15, 0.2) is 60.8 Å². The fourth-order valence-corrected chi connectivity index (χ4v) is 8.22. The van der Waals surface area contributed by atoms with Crippen LogP contribution in [0.25, 0.3) is 0 Å². The molecule has 0 saturated heterocycles. The number of hydrogen-bond donors (Lipinski definition) is 3. The highest BCUT2D eigenvalue weighted by molar-refractivity contribution is 5.77. The van der Waals surface area contributed by atoms with Gasteiger partial charge in [-0.3, -0.25) is 9.59 Å². The van der Waals surface area contributed by atoms with E-state index in [2.05, 4.69) is 80.8 Å². The molecule has 0 heterocycles. The van der Waals surface area contributed by atoms with Crippen LogP contribution in [0.3, 0.4) is 0 Å². The monoisotopic (exact) mass is 896 g/mol. The zero-order valence-corrected chi connectivity index (χ0v) is 42.4. The van der Waals surface area contributed by atoms with Gasteiger partial charge in [-0.25, -0.2) is 0 Å². The van der Waals surface area contributed by atoms with E-state index in [4.69, 9.17) is 4.74 Å². The van der Waals surface area contributed by atoms with Crippen LogP contribution < -0.4 is 5.32 Å². The summed E-state index contributed by atoms with van der Waals surface area (Å²) in [5.74, 6) is -0.571. The molecule has 6 nitrogen and oxygen atoms in total. The van der Waals surface area contributed by atoms with Gasteiger partial charge in [-0.05, 0) is 44.9 Å². The van der Waals surface area contributed by atoms with Gasteiger partial charge in [0.15, 0.2) is 0 Å². The molecule has 0 aliphatic rings. The molecular weight excluding hydrogens is 791 g/mol. The minimum absolute atomic E-state index is 0.00105. The van der Waals surface area contributed by atoms with Gasteiger partial charge in [0.25, 0.3) is 0 Å². The van der Waals surface area contributed by atoms with Gasteiger partial charge in [-0.1, -0.05) is 268 Å². The maximum atomic E-state index is 13.2. The molecule has 0 radical (unpaired) electrons. The van der Waals surface area contributed by atoms with Crippen molar-refractivity contribution in [1.29, 1.82) is 0 Å². The molecule has 0 rings (SSSR count). The van der Waals surface area contributed by atoms with E-state index in [1.54, 1.807) is 0 Å². The van der Waals surface area contributed by atoms with Gasteiger partial charge in [0.05, 0.1) is 25.2 Å². The lowest BCUT2D eigenvalue weighted by atomic mass is 10.0. The molecule has 0 saturated carbocycles. The van der Waals surface area contributed by atoms with Gasteiger partial charge in [0.2, 0.25) is 5.91 Å². The molecule has 1 amide bonds. The molecule has 3 atom stereocenters. The molecule has 3 unspecified atom stereocenters. The third kappa shape index (κ3) is 46.1. The molecule has 0 aromatic heterocycles. The van der Waals surface area contributed by atoms with Crippen LogP contribution >= 0.6 is 0 Å². The second-order valence-corrected chi connectivity index (χ2v) is 18.6. The van der Waals surface area contributed by atoms with Crippen LogP contribution in [0, 0.1) is 0 Å². The summed E-state index contributed by atoms with van der Waals surface area (Å²) in [4.78, 5) is 26.2. The summed E-state index contributed by atoms with van der Waals surface area (Å²) in [7, 11) is 0. The molecule has 0 aliphatic carbocycles. The first kappa shape index (κ1) is 61.6. The van der Waals surface area contributed by atoms with Crippen LogP contribution in [-0.4, -0.2) is 46.9 Å². The molecule has 0 aromatic carbocycles. The molecule has 0 fully saturated rings. The Kier molecular flexibility index (Phi) is 49.6. The number of esters is 1. The predicted molar refractivity (Wildman–Crippen MR) is 278 cm³/mol. The van der Waals surface area contributed by atoms with Crippen molar-refractivity contribution in [2.24, 2.45) is 0 Å². The number of nitrogens with one attached hydrogen (secondary N) is 1. The Labute approximate surface area is 397 Å². The van der Waals surface area contributed by atoms with Crippen LogP contribution in [0.5, 0.6) is 0 Å². The number of amides is 1. The summed E-state index contributed by atoms with van der Waals surface area (Å²) >= 11 is 0. The van der Waals surface area contributed by atoms with Gasteiger partial charge in [-0.2, -0.15) is 0 Å². The highest BCUT2D eigenvalue weighted by Crippen LogP contribution is 2.17. The fourth-order valence-electron chi connectivity index (χ4n) is 8.22. The average molecular weight is 896 g/mol. The van der Waals surface area contributed by atoms with Crippen molar-refractivity contribution < 1.29 is 24.5 Å². The molecule has 0 aliphatic heterocycles. The quantitative estimate of drug-likeness (QED) is 0.0321. The molecule has 6 heteroatoms. The molecule has 3 N–H and O–H groups in total. The van der Waals surface area contributed by atoms with E-state index in [0.717, 1.165) is 70.6 Å². The molecule has 0 spiro atoms. The topological polar surface area (TPSA) is 95.9 Å². The second kappa shape index (κ2) is 51.5. The Morgan fingerprint density at radius 3 is 1.19 bits per heavy atom. The first-order valence-electron chi connectivity index (χ1n) is 27.5. The normalized spacial score (nSPS) is 13.6. The van der Waals surface area contributed by atoms with Crippen molar-refractivity contribution in [3.63, 3.8) is 0 Å². The Bertz CT molecular complexity index is 1140. The lowest BCUT2D eigenvalue weighted by molar-refractivity contribution is -0.150. The van der Waals surface area contributed by atoms with Crippen molar-refractivity contribution in [2.75, 3.05) is 6.61 Å². The van der Waals surface area contributed by atoms with Crippen LogP contribution in [0.4, 0.5) is 0 Å². The fraction of sp³-hybridized carbons (Fsp3) is 0.793. The molecule has 64 heavy (non-hydrogen) atoms. The van der Waals surface area contributed by atoms with E-state index in [-0.39, 0.29) is 24.9 Å². The highest BCUT2D eigenvalue weighted by atomic mass is 16.5. The minimum Gasteiger partial charge on any atom is -0.461 e. The van der Waals surface area contributed by atoms with Gasteiger partial charge in [0, 0.05) is 12.8 Å². The van der Waals surface area contributed by atoms with E-state index >= 15 is 0 Å². The van der Waals surface area contributed by atoms with Crippen molar-refractivity contribution in [2.45, 2.75) is 289 Å². The number of allylic oxidation sites excluding steroid dienone is 9. The zero-order chi connectivity index (χ0) is 46.7. The van der Waals surface area contributed by atoms with E-state index in [1.807, 2.05) is 6.08 Å². The molecule has 0 aromatic rings. The number of aliphatic hydroxyl groups is 2. The Morgan fingerprint density at radius 1 is 0.469 bits per heavy atom. The molecule has 372 valence electrons. The first-order valence-corrected chi connectivity index (χ1v) is 27.5. The second-order valence-electron chi connectivity index (χ2n) is 18.6. The van der Waals surface area contributed by atoms with Crippen molar-refractivity contribution in [3.05, 3.63) is 60.8 Å². The van der Waals surface area contributed by atoms with Crippen molar-refractivity contribution in [3.8, 4) is 0 Å². The summed E-state index contributed by atoms with van der Waals surface area (Å²) < 4.78 is 5.88. The third-order valence-electron chi connectivity index (χ3n) is 12.4. The Hall–Kier alpha value is -2.44. The largest absolute Gasteiger partial charge is 0.461 e. The predicted octanol–water partition coefficient (Wildman–Crippen LogP) is 16.8. The highest BCUT2D eigenvalue weighted by Gasteiger charge is 2.23. The number of rotatable bonds is 49. The zero-order valence-electron chi connectivity index (χ0n) is 42.4. The Morgan fingerprint density at radius 2 is 0.812 bits per heavy atom.